The molecule has 0 aliphatic rings. The fourth-order valence-electron chi connectivity index (χ4n) is 1.67. The van der Waals surface area contributed by atoms with Crippen molar-refractivity contribution in [2.45, 2.75) is 13.0 Å². The first-order chi connectivity index (χ1) is 8.06. The van der Waals surface area contributed by atoms with Gasteiger partial charge in [-0.1, -0.05) is 41.4 Å². The summed E-state index contributed by atoms with van der Waals surface area (Å²) in [6, 6.07) is 11.5. The van der Waals surface area contributed by atoms with Crippen molar-refractivity contribution in [2.75, 3.05) is 0 Å². The molecule has 0 spiro atoms. The molecule has 0 amide bonds. The average Bonchev–Trinajstić information content (AvgIpc) is 2.28. The van der Waals surface area contributed by atoms with Crippen LogP contribution in [0.5, 0.6) is 0 Å². The Morgan fingerprint density at radius 1 is 1.06 bits per heavy atom. The number of aliphatic hydroxyl groups is 1. The van der Waals surface area contributed by atoms with Crippen LogP contribution in [-0.2, 0) is 0 Å². The Balaban J connectivity index is 2.36. The highest BCUT2D eigenvalue weighted by molar-refractivity contribution is 6.30. The predicted octanol–water partition coefficient (Wildman–Crippen LogP) is 3.87. The van der Waals surface area contributed by atoms with Gasteiger partial charge in [-0.05, 0) is 36.2 Å². The van der Waals surface area contributed by atoms with Crippen molar-refractivity contribution in [2.24, 2.45) is 0 Å². The average molecular weight is 251 g/mol. The first kappa shape index (κ1) is 12.1. The van der Waals surface area contributed by atoms with E-state index in [9.17, 15) is 9.50 Å². The lowest BCUT2D eigenvalue weighted by Gasteiger charge is -2.12. The van der Waals surface area contributed by atoms with Crippen LogP contribution in [0.25, 0.3) is 0 Å². The third kappa shape index (κ3) is 2.84. The van der Waals surface area contributed by atoms with Crippen molar-refractivity contribution in [1.82, 2.24) is 0 Å². The van der Waals surface area contributed by atoms with Crippen LogP contribution in [0.1, 0.15) is 22.8 Å². The molecule has 0 heterocycles. The third-order valence-corrected chi connectivity index (χ3v) is 2.81. The molecule has 1 N–H and O–H groups in total. The molecule has 0 saturated heterocycles. The van der Waals surface area contributed by atoms with Gasteiger partial charge in [-0.15, -0.1) is 0 Å². The Kier molecular flexibility index (Phi) is 3.46. The van der Waals surface area contributed by atoms with E-state index in [0.29, 0.717) is 5.56 Å². The van der Waals surface area contributed by atoms with Crippen LogP contribution < -0.4 is 0 Å². The molecule has 2 aromatic carbocycles. The van der Waals surface area contributed by atoms with Gasteiger partial charge in [-0.2, -0.15) is 0 Å². The molecule has 1 atom stereocenters. The predicted molar refractivity (Wildman–Crippen MR) is 66.7 cm³/mol. The van der Waals surface area contributed by atoms with Crippen LogP contribution in [0.3, 0.4) is 0 Å². The van der Waals surface area contributed by atoms with Gasteiger partial charge in [0.15, 0.2) is 0 Å². The summed E-state index contributed by atoms with van der Waals surface area (Å²) in [7, 11) is 0. The first-order valence-electron chi connectivity index (χ1n) is 5.27. The zero-order valence-corrected chi connectivity index (χ0v) is 10.1. The summed E-state index contributed by atoms with van der Waals surface area (Å²) in [5.74, 6) is -0.446. The second-order valence-electron chi connectivity index (χ2n) is 4.02. The fraction of sp³-hybridized carbons (Fsp3) is 0.143. The highest BCUT2D eigenvalue weighted by Gasteiger charge is 2.11. The smallest absolute Gasteiger partial charge is 0.125 e. The third-order valence-electron chi connectivity index (χ3n) is 2.59. The van der Waals surface area contributed by atoms with E-state index in [1.165, 1.54) is 12.1 Å². The summed E-state index contributed by atoms with van der Waals surface area (Å²) in [5, 5.41) is 10.4. The van der Waals surface area contributed by atoms with Gasteiger partial charge < -0.3 is 5.11 Å². The van der Waals surface area contributed by atoms with Crippen LogP contribution in [0.4, 0.5) is 4.39 Å². The maximum atomic E-state index is 13.2. The Hall–Kier alpha value is -1.38. The molecule has 0 unspecified atom stereocenters. The molecule has 0 aromatic heterocycles. The number of hydrogen-bond acceptors (Lipinski definition) is 1. The number of benzene rings is 2. The fourth-order valence-corrected chi connectivity index (χ4v) is 1.90. The molecule has 0 saturated carbocycles. The summed E-state index contributed by atoms with van der Waals surface area (Å²) in [4.78, 5) is 0. The quantitative estimate of drug-likeness (QED) is 0.858. The van der Waals surface area contributed by atoms with E-state index in [-0.39, 0.29) is 5.02 Å². The maximum absolute atomic E-state index is 13.2. The van der Waals surface area contributed by atoms with Crippen LogP contribution >= 0.6 is 11.6 Å². The normalized spacial score (nSPS) is 12.5. The summed E-state index contributed by atoms with van der Waals surface area (Å²) in [6.45, 7) is 1.97. The molecule has 0 bridgehead atoms. The first-order valence-corrected chi connectivity index (χ1v) is 5.64. The van der Waals surface area contributed by atoms with Crippen molar-refractivity contribution in [3.8, 4) is 0 Å². The molecule has 0 radical (unpaired) electrons. The van der Waals surface area contributed by atoms with Gasteiger partial charge in [0.2, 0.25) is 0 Å². The molecule has 0 fully saturated rings. The Bertz CT molecular complexity index is 502. The lowest BCUT2D eigenvalue weighted by Crippen LogP contribution is -2.00. The van der Waals surface area contributed by atoms with E-state index in [1.54, 1.807) is 6.07 Å². The topological polar surface area (TPSA) is 20.2 Å². The van der Waals surface area contributed by atoms with Crippen molar-refractivity contribution < 1.29 is 9.50 Å². The zero-order valence-electron chi connectivity index (χ0n) is 9.32. The van der Waals surface area contributed by atoms with Crippen LogP contribution in [0.15, 0.2) is 42.5 Å². The van der Waals surface area contributed by atoms with Crippen molar-refractivity contribution >= 4 is 11.6 Å². The lowest BCUT2D eigenvalue weighted by molar-refractivity contribution is 0.220. The standard InChI is InChI=1S/C14H12ClFO/c1-9-2-4-10(5-3-9)14(17)11-6-12(15)8-13(16)7-11/h2-8,14,17H,1H3/t14-/m1/s1. The van der Waals surface area contributed by atoms with Gasteiger partial charge in [0, 0.05) is 5.02 Å². The van der Waals surface area contributed by atoms with E-state index >= 15 is 0 Å². The molecular formula is C14H12ClFO. The molecule has 2 rings (SSSR count). The minimum Gasteiger partial charge on any atom is -0.384 e. The second-order valence-corrected chi connectivity index (χ2v) is 4.45. The highest BCUT2D eigenvalue weighted by atomic mass is 35.5. The summed E-state index contributed by atoms with van der Waals surface area (Å²) >= 11 is 5.76. The van der Waals surface area contributed by atoms with Gasteiger partial charge in [-0.25, -0.2) is 4.39 Å². The van der Waals surface area contributed by atoms with Crippen LogP contribution in [0, 0.1) is 12.7 Å². The maximum Gasteiger partial charge on any atom is 0.125 e. The number of halogens is 2. The van der Waals surface area contributed by atoms with Crippen molar-refractivity contribution in [1.29, 1.82) is 0 Å². The summed E-state index contributed by atoms with van der Waals surface area (Å²) < 4.78 is 13.2. The van der Waals surface area contributed by atoms with Gasteiger partial charge in [0.25, 0.3) is 0 Å². The number of hydrogen-bond donors (Lipinski definition) is 1. The van der Waals surface area contributed by atoms with E-state index in [1.807, 2.05) is 31.2 Å². The van der Waals surface area contributed by atoms with Gasteiger partial charge in [0.05, 0.1) is 0 Å². The highest BCUT2D eigenvalue weighted by Crippen LogP contribution is 2.25. The molecule has 3 heteroatoms. The van der Waals surface area contributed by atoms with E-state index in [4.69, 9.17) is 11.6 Å². The van der Waals surface area contributed by atoms with E-state index in [2.05, 4.69) is 0 Å². The number of aryl methyl sites for hydroxylation is 1. The van der Waals surface area contributed by atoms with Crippen LogP contribution in [0.2, 0.25) is 5.02 Å². The zero-order chi connectivity index (χ0) is 12.4. The molecule has 2 aromatic rings. The van der Waals surface area contributed by atoms with Gasteiger partial charge >= 0.3 is 0 Å². The number of aliphatic hydroxyl groups excluding tert-OH is 1. The lowest BCUT2D eigenvalue weighted by atomic mass is 10.0. The summed E-state index contributed by atoms with van der Waals surface area (Å²) in [5.41, 5.74) is 2.29. The molecule has 1 nitrogen and oxygen atoms in total. The molecular weight excluding hydrogens is 239 g/mol. The van der Waals surface area contributed by atoms with Crippen molar-refractivity contribution in [3.63, 3.8) is 0 Å². The molecule has 0 aliphatic carbocycles. The van der Waals surface area contributed by atoms with Gasteiger partial charge in [-0.3, -0.25) is 0 Å². The van der Waals surface area contributed by atoms with E-state index in [0.717, 1.165) is 11.1 Å². The summed E-state index contributed by atoms with van der Waals surface area (Å²) in [6.07, 6.45) is -0.858. The van der Waals surface area contributed by atoms with Crippen LogP contribution in [-0.4, -0.2) is 5.11 Å². The minimum absolute atomic E-state index is 0.283. The monoisotopic (exact) mass is 250 g/mol. The Labute approximate surface area is 104 Å². The molecule has 17 heavy (non-hydrogen) atoms. The largest absolute Gasteiger partial charge is 0.384 e. The molecule has 88 valence electrons. The van der Waals surface area contributed by atoms with E-state index < -0.39 is 11.9 Å². The second kappa shape index (κ2) is 4.86. The van der Waals surface area contributed by atoms with Gasteiger partial charge in [0.1, 0.15) is 11.9 Å². The molecule has 0 aliphatic heterocycles. The Morgan fingerprint density at radius 3 is 2.29 bits per heavy atom. The minimum atomic E-state index is -0.858. The Morgan fingerprint density at radius 2 is 1.71 bits per heavy atom. The van der Waals surface area contributed by atoms with Crippen molar-refractivity contribution in [3.05, 3.63) is 70.0 Å². The number of rotatable bonds is 2. The SMILES string of the molecule is Cc1ccc([C@@H](O)c2cc(F)cc(Cl)c2)cc1.